The Morgan fingerprint density at radius 3 is 2.81 bits per heavy atom. The third-order valence-electron chi connectivity index (χ3n) is 5.01. The molecule has 3 rings (SSSR count). The summed E-state index contributed by atoms with van der Waals surface area (Å²) in [4.78, 5) is 12.3. The fourth-order valence-electron chi connectivity index (χ4n) is 3.68. The van der Waals surface area contributed by atoms with Gasteiger partial charge in [-0.05, 0) is 54.1 Å². The molecule has 116 valence electrons. The number of anilines is 1. The molecule has 5 heteroatoms. The molecule has 2 heterocycles. The zero-order chi connectivity index (χ0) is 15.0. The van der Waals surface area contributed by atoms with Crippen LogP contribution in [0.25, 0.3) is 0 Å². The van der Waals surface area contributed by atoms with Crippen LogP contribution in [0.1, 0.15) is 50.5 Å². The summed E-state index contributed by atoms with van der Waals surface area (Å²) in [6.45, 7) is 2.46. The number of halogens is 1. The summed E-state index contributed by atoms with van der Waals surface area (Å²) in [6.07, 6.45) is 10.3. The molecule has 0 aromatic carbocycles. The van der Waals surface area contributed by atoms with Crippen LogP contribution in [-0.2, 0) is 11.3 Å². The zero-order valence-corrected chi connectivity index (χ0v) is 14.1. The monoisotopic (exact) mass is 354 g/mol. The molecule has 1 spiro atoms. The summed E-state index contributed by atoms with van der Waals surface area (Å²) in [5, 5.41) is 0. The van der Waals surface area contributed by atoms with Gasteiger partial charge in [0.1, 0.15) is 0 Å². The molecule has 0 amide bonds. The molecule has 1 saturated carbocycles. The number of aromatic nitrogens is 1. The number of nitrogens with two attached hydrogens (primary N) is 1. The molecule has 1 atom stereocenters. The van der Waals surface area contributed by atoms with Gasteiger partial charge in [0.05, 0.1) is 28.4 Å². The fraction of sp³-hybridized carbons (Fsp3) is 0.688. The third-order valence-corrected chi connectivity index (χ3v) is 5.94. The normalized spacial score (nSPS) is 24.6. The standard InChI is InChI=1S/C16H23BrN2O2/c1-11-13(18)10-19(15(20)14(11)17)9-12-5-8-16(21-12)6-3-2-4-7-16/h10,12H,2-9,18H2,1H3. The van der Waals surface area contributed by atoms with Gasteiger partial charge in [0.25, 0.3) is 5.56 Å². The van der Waals surface area contributed by atoms with Crippen molar-refractivity contribution < 1.29 is 4.74 Å². The van der Waals surface area contributed by atoms with Gasteiger partial charge < -0.3 is 15.0 Å². The van der Waals surface area contributed by atoms with Crippen molar-refractivity contribution in [1.29, 1.82) is 0 Å². The Morgan fingerprint density at radius 1 is 1.38 bits per heavy atom. The van der Waals surface area contributed by atoms with Crippen molar-refractivity contribution >= 4 is 21.6 Å². The molecular formula is C16H23BrN2O2. The van der Waals surface area contributed by atoms with Gasteiger partial charge in [-0.25, -0.2) is 0 Å². The lowest BCUT2D eigenvalue weighted by Gasteiger charge is -2.33. The van der Waals surface area contributed by atoms with E-state index in [4.69, 9.17) is 10.5 Å². The smallest absolute Gasteiger partial charge is 0.265 e. The van der Waals surface area contributed by atoms with E-state index in [2.05, 4.69) is 15.9 Å². The van der Waals surface area contributed by atoms with Gasteiger partial charge in [0, 0.05) is 6.20 Å². The van der Waals surface area contributed by atoms with Crippen molar-refractivity contribution in [3.05, 3.63) is 26.6 Å². The maximum absolute atomic E-state index is 12.3. The minimum Gasteiger partial charge on any atom is -0.397 e. The Morgan fingerprint density at radius 2 is 2.10 bits per heavy atom. The van der Waals surface area contributed by atoms with E-state index in [-0.39, 0.29) is 17.3 Å². The van der Waals surface area contributed by atoms with Gasteiger partial charge in [-0.15, -0.1) is 0 Å². The van der Waals surface area contributed by atoms with Crippen molar-refractivity contribution in [2.24, 2.45) is 0 Å². The predicted octanol–water partition coefficient (Wildman–Crippen LogP) is 3.38. The second-order valence-electron chi connectivity index (χ2n) is 6.50. The molecule has 21 heavy (non-hydrogen) atoms. The molecule has 0 bridgehead atoms. The SMILES string of the molecule is Cc1c(N)cn(CC2CCC3(CCCCC3)O2)c(=O)c1Br. The molecule has 1 aromatic rings. The van der Waals surface area contributed by atoms with Gasteiger partial charge in [-0.1, -0.05) is 19.3 Å². The largest absolute Gasteiger partial charge is 0.397 e. The highest BCUT2D eigenvalue weighted by Crippen LogP contribution is 2.42. The van der Waals surface area contributed by atoms with E-state index in [0.29, 0.717) is 16.7 Å². The Kier molecular flexibility index (Phi) is 4.14. The second-order valence-corrected chi connectivity index (χ2v) is 7.30. The van der Waals surface area contributed by atoms with E-state index in [1.54, 1.807) is 10.8 Å². The molecular weight excluding hydrogens is 332 g/mol. The average molecular weight is 355 g/mol. The first-order valence-corrected chi connectivity index (χ1v) is 8.63. The molecule has 1 aromatic heterocycles. The summed E-state index contributed by atoms with van der Waals surface area (Å²) in [5.74, 6) is 0. The third kappa shape index (κ3) is 2.90. The molecule has 0 radical (unpaired) electrons. The van der Waals surface area contributed by atoms with Crippen LogP contribution in [-0.4, -0.2) is 16.3 Å². The first-order valence-electron chi connectivity index (χ1n) is 7.84. The van der Waals surface area contributed by atoms with Crippen LogP contribution < -0.4 is 11.3 Å². The number of hydrogen-bond acceptors (Lipinski definition) is 3. The summed E-state index contributed by atoms with van der Waals surface area (Å²) in [5.41, 5.74) is 7.51. The number of hydrogen-bond donors (Lipinski definition) is 1. The minimum absolute atomic E-state index is 0.0186. The molecule has 2 fully saturated rings. The Bertz CT molecular complexity index is 591. The highest BCUT2D eigenvalue weighted by Gasteiger charge is 2.40. The van der Waals surface area contributed by atoms with E-state index in [1.807, 2.05) is 6.92 Å². The molecule has 2 aliphatic rings. The van der Waals surface area contributed by atoms with Crippen LogP contribution in [0, 0.1) is 6.92 Å². The lowest BCUT2D eigenvalue weighted by atomic mass is 9.83. The summed E-state index contributed by atoms with van der Waals surface area (Å²) in [6, 6.07) is 0. The van der Waals surface area contributed by atoms with E-state index in [0.717, 1.165) is 18.4 Å². The molecule has 1 unspecified atom stereocenters. The summed E-state index contributed by atoms with van der Waals surface area (Å²) in [7, 11) is 0. The van der Waals surface area contributed by atoms with Crippen molar-refractivity contribution in [3.63, 3.8) is 0 Å². The van der Waals surface area contributed by atoms with Gasteiger partial charge in [0.2, 0.25) is 0 Å². The fourth-order valence-corrected chi connectivity index (χ4v) is 4.14. The van der Waals surface area contributed by atoms with Crippen LogP contribution in [0.4, 0.5) is 5.69 Å². The van der Waals surface area contributed by atoms with Gasteiger partial charge >= 0.3 is 0 Å². The lowest BCUT2D eigenvalue weighted by Crippen LogP contribution is -2.34. The van der Waals surface area contributed by atoms with E-state index < -0.39 is 0 Å². The van der Waals surface area contributed by atoms with E-state index in [9.17, 15) is 4.79 Å². The van der Waals surface area contributed by atoms with Gasteiger partial charge in [-0.2, -0.15) is 0 Å². The predicted molar refractivity (Wildman–Crippen MR) is 87.5 cm³/mol. The second kappa shape index (κ2) is 5.76. The molecule has 4 nitrogen and oxygen atoms in total. The van der Waals surface area contributed by atoms with Crippen LogP contribution in [0.15, 0.2) is 15.5 Å². The van der Waals surface area contributed by atoms with Crippen LogP contribution in [0.3, 0.4) is 0 Å². The molecule has 2 N–H and O–H groups in total. The van der Waals surface area contributed by atoms with Crippen molar-refractivity contribution in [2.45, 2.75) is 70.1 Å². The number of ether oxygens (including phenoxy) is 1. The molecule has 1 aliphatic heterocycles. The Hall–Kier alpha value is -0.810. The van der Waals surface area contributed by atoms with Crippen LogP contribution >= 0.6 is 15.9 Å². The quantitative estimate of drug-likeness (QED) is 0.885. The lowest BCUT2D eigenvalue weighted by molar-refractivity contribution is -0.0682. The number of nitrogen functional groups attached to an aromatic ring is 1. The average Bonchev–Trinajstić information content (AvgIpc) is 2.86. The number of rotatable bonds is 2. The van der Waals surface area contributed by atoms with Gasteiger partial charge in [0.15, 0.2) is 0 Å². The highest BCUT2D eigenvalue weighted by molar-refractivity contribution is 9.10. The maximum atomic E-state index is 12.3. The zero-order valence-electron chi connectivity index (χ0n) is 12.5. The van der Waals surface area contributed by atoms with Crippen LogP contribution in [0.5, 0.6) is 0 Å². The summed E-state index contributed by atoms with van der Waals surface area (Å²) < 4.78 is 8.60. The van der Waals surface area contributed by atoms with E-state index in [1.165, 1.54) is 32.1 Å². The topological polar surface area (TPSA) is 57.2 Å². The van der Waals surface area contributed by atoms with Crippen molar-refractivity contribution in [1.82, 2.24) is 4.57 Å². The molecule has 1 saturated heterocycles. The Balaban J connectivity index is 1.75. The van der Waals surface area contributed by atoms with Crippen molar-refractivity contribution in [2.75, 3.05) is 5.73 Å². The first kappa shape index (κ1) is 15.1. The number of pyridine rings is 1. The number of nitrogens with zero attached hydrogens (tertiary/aromatic N) is 1. The van der Waals surface area contributed by atoms with E-state index >= 15 is 0 Å². The summed E-state index contributed by atoms with van der Waals surface area (Å²) >= 11 is 3.35. The van der Waals surface area contributed by atoms with Gasteiger partial charge in [-0.3, -0.25) is 4.79 Å². The molecule has 1 aliphatic carbocycles. The maximum Gasteiger partial charge on any atom is 0.265 e. The first-order chi connectivity index (χ1) is 10.0. The van der Waals surface area contributed by atoms with Crippen LogP contribution in [0.2, 0.25) is 0 Å². The highest BCUT2D eigenvalue weighted by atomic mass is 79.9. The Labute approximate surface area is 133 Å². The minimum atomic E-state index is -0.0186. The van der Waals surface area contributed by atoms with Crippen molar-refractivity contribution in [3.8, 4) is 0 Å².